The maximum atomic E-state index is 13.1. The Labute approximate surface area is 139 Å². The number of halogens is 1. The third kappa shape index (κ3) is 3.59. The van der Waals surface area contributed by atoms with Crippen LogP contribution in [0.25, 0.3) is 0 Å². The van der Waals surface area contributed by atoms with Crippen LogP contribution in [0.5, 0.6) is 0 Å². The topological polar surface area (TPSA) is 77.0 Å². The molecule has 2 aromatic rings. The van der Waals surface area contributed by atoms with Crippen LogP contribution in [0.4, 0.5) is 10.1 Å². The Morgan fingerprint density at radius 1 is 1.21 bits per heavy atom. The molecule has 1 saturated heterocycles. The van der Waals surface area contributed by atoms with Crippen molar-refractivity contribution in [1.29, 1.82) is 5.26 Å². The lowest BCUT2D eigenvalue weighted by atomic mass is 9.94. The minimum atomic E-state index is -0.311. The Morgan fingerprint density at radius 2 is 1.92 bits per heavy atom. The smallest absolute Gasteiger partial charge is 0.230 e. The molecule has 1 aliphatic rings. The van der Waals surface area contributed by atoms with Crippen LogP contribution >= 0.6 is 0 Å². The molecule has 24 heavy (non-hydrogen) atoms. The second-order valence-electron chi connectivity index (χ2n) is 5.68. The molecule has 1 heterocycles. The number of amides is 1. The van der Waals surface area contributed by atoms with Gasteiger partial charge in [-0.25, -0.2) is 9.82 Å². The summed E-state index contributed by atoms with van der Waals surface area (Å²) < 4.78 is 13.1. The highest BCUT2D eigenvalue weighted by molar-refractivity contribution is 5.93. The number of hydrogen-bond donors (Lipinski definition) is 3. The largest absolute Gasteiger partial charge is 0.326 e. The summed E-state index contributed by atoms with van der Waals surface area (Å²) in [4.78, 5) is 12.6. The lowest BCUT2D eigenvalue weighted by Gasteiger charge is -2.18. The van der Waals surface area contributed by atoms with Crippen LogP contribution in [0, 0.1) is 23.1 Å². The van der Waals surface area contributed by atoms with Gasteiger partial charge in [0.1, 0.15) is 5.82 Å². The predicted molar refractivity (Wildman–Crippen MR) is 88.2 cm³/mol. The Kier molecular flexibility index (Phi) is 4.85. The van der Waals surface area contributed by atoms with Gasteiger partial charge in [-0.1, -0.05) is 24.3 Å². The summed E-state index contributed by atoms with van der Waals surface area (Å²) in [6, 6.07) is 15.2. The van der Waals surface area contributed by atoms with Crippen molar-refractivity contribution in [3.8, 4) is 6.07 Å². The molecule has 0 radical (unpaired) electrons. The van der Waals surface area contributed by atoms with Gasteiger partial charge in [0.15, 0.2) is 0 Å². The first-order valence-electron chi connectivity index (χ1n) is 7.68. The average Bonchev–Trinajstić information content (AvgIpc) is 3.07. The van der Waals surface area contributed by atoms with Crippen LogP contribution in [-0.4, -0.2) is 12.5 Å². The maximum Gasteiger partial charge on any atom is 0.230 e. The van der Waals surface area contributed by atoms with Gasteiger partial charge in [0.25, 0.3) is 0 Å². The number of nitriles is 1. The molecular weight excluding hydrogens is 307 g/mol. The van der Waals surface area contributed by atoms with E-state index in [0.29, 0.717) is 18.7 Å². The van der Waals surface area contributed by atoms with Crippen LogP contribution in [0.3, 0.4) is 0 Å². The van der Waals surface area contributed by atoms with E-state index in [2.05, 4.69) is 22.2 Å². The number of carbonyl (C=O) groups excluding carboxylic acids is 1. The molecule has 2 aromatic carbocycles. The minimum absolute atomic E-state index is 0.116. The van der Waals surface area contributed by atoms with Crippen molar-refractivity contribution in [3.63, 3.8) is 0 Å². The van der Waals surface area contributed by atoms with E-state index in [9.17, 15) is 9.18 Å². The second kappa shape index (κ2) is 7.21. The number of hydrogen-bond acceptors (Lipinski definition) is 4. The molecule has 3 rings (SSSR count). The second-order valence-corrected chi connectivity index (χ2v) is 5.68. The Balaban J connectivity index is 1.69. The Hall–Kier alpha value is -2.75. The number of nitrogens with one attached hydrogen (secondary N) is 3. The van der Waals surface area contributed by atoms with Crippen LogP contribution in [0.1, 0.15) is 17.2 Å². The third-order valence-corrected chi connectivity index (χ3v) is 4.05. The number of carbonyl (C=O) groups is 1. The zero-order chi connectivity index (χ0) is 16.9. The standard InChI is InChI=1S/C18H17FN4O/c19-14-5-3-13(4-6-14)17-16(11-21-23-17)18(24)22-15-7-1-12(2-8-15)9-10-20/h1-8,16-17,21,23H,9,11H2,(H,22,24). The molecule has 0 aromatic heterocycles. The fourth-order valence-corrected chi connectivity index (χ4v) is 2.76. The number of benzene rings is 2. The van der Waals surface area contributed by atoms with Gasteiger partial charge < -0.3 is 5.32 Å². The summed E-state index contributed by atoms with van der Waals surface area (Å²) >= 11 is 0. The summed E-state index contributed by atoms with van der Waals surface area (Å²) in [5, 5.41) is 11.6. The van der Waals surface area contributed by atoms with Gasteiger partial charge in [0, 0.05) is 12.2 Å². The molecule has 0 saturated carbocycles. The monoisotopic (exact) mass is 324 g/mol. The lowest BCUT2D eigenvalue weighted by Crippen LogP contribution is -2.29. The fourth-order valence-electron chi connectivity index (χ4n) is 2.76. The maximum absolute atomic E-state index is 13.1. The zero-order valence-electron chi connectivity index (χ0n) is 12.9. The molecule has 1 amide bonds. The molecule has 0 bridgehead atoms. The molecule has 2 atom stereocenters. The SMILES string of the molecule is N#CCc1ccc(NC(=O)C2CNNC2c2ccc(F)cc2)cc1. The molecule has 122 valence electrons. The molecule has 0 spiro atoms. The highest BCUT2D eigenvalue weighted by Gasteiger charge is 2.33. The molecule has 1 aliphatic heterocycles. The highest BCUT2D eigenvalue weighted by atomic mass is 19.1. The van der Waals surface area contributed by atoms with E-state index >= 15 is 0 Å². The molecule has 2 unspecified atom stereocenters. The van der Waals surface area contributed by atoms with E-state index in [-0.39, 0.29) is 23.7 Å². The Bertz CT molecular complexity index is 752. The summed E-state index contributed by atoms with van der Waals surface area (Å²) in [5.41, 5.74) is 8.50. The van der Waals surface area contributed by atoms with Gasteiger partial charge in [0.05, 0.1) is 24.4 Å². The van der Waals surface area contributed by atoms with Crippen molar-refractivity contribution in [2.24, 2.45) is 5.92 Å². The van der Waals surface area contributed by atoms with Gasteiger partial charge in [-0.15, -0.1) is 0 Å². The predicted octanol–water partition coefficient (Wildman–Crippen LogP) is 2.30. The zero-order valence-corrected chi connectivity index (χ0v) is 12.9. The molecule has 6 heteroatoms. The van der Waals surface area contributed by atoms with E-state index in [4.69, 9.17) is 5.26 Å². The van der Waals surface area contributed by atoms with Crippen LogP contribution in [0.2, 0.25) is 0 Å². The van der Waals surface area contributed by atoms with E-state index in [1.165, 1.54) is 12.1 Å². The van der Waals surface area contributed by atoms with Gasteiger partial charge in [-0.05, 0) is 35.4 Å². The molecular formula is C18H17FN4O. The van der Waals surface area contributed by atoms with Crippen LogP contribution < -0.4 is 16.2 Å². The van der Waals surface area contributed by atoms with Crippen molar-refractivity contribution in [2.45, 2.75) is 12.5 Å². The molecule has 0 aliphatic carbocycles. The van der Waals surface area contributed by atoms with E-state index in [1.54, 1.807) is 24.3 Å². The normalized spacial score (nSPS) is 19.7. The van der Waals surface area contributed by atoms with Gasteiger partial charge in [0.2, 0.25) is 5.91 Å². The molecule has 5 nitrogen and oxygen atoms in total. The first-order chi connectivity index (χ1) is 11.7. The Morgan fingerprint density at radius 3 is 2.58 bits per heavy atom. The average molecular weight is 324 g/mol. The molecule has 1 fully saturated rings. The lowest BCUT2D eigenvalue weighted by molar-refractivity contribution is -0.119. The van der Waals surface area contributed by atoms with Gasteiger partial charge in [-0.3, -0.25) is 10.2 Å². The molecule has 3 N–H and O–H groups in total. The van der Waals surface area contributed by atoms with Crippen LogP contribution in [-0.2, 0) is 11.2 Å². The number of hydrazine groups is 1. The minimum Gasteiger partial charge on any atom is -0.326 e. The van der Waals surface area contributed by atoms with Crippen LogP contribution in [0.15, 0.2) is 48.5 Å². The fraction of sp³-hybridized carbons (Fsp3) is 0.222. The summed E-state index contributed by atoms with van der Waals surface area (Å²) in [5.74, 6) is -0.729. The summed E-state index contributed by atoms with van der Waals surface area (Å²) in [6.07, 6.45) is 0.345. The van der Waals surface area contributed by atoms with Gasteiger partial charge >= 0.3 is 0 Å². The van der Waals surface area contributed by atoms with Gasteiger partial charge in [-0.2, -0.15) is 5.26 Å². The third-order valence-electron chi connectivity index (χ3n) is 4.05. The van der Waals surface area contributed by atoms with E-state index < -0.39 is 0 Å². The first kappa shape index (κ1) is 16.1. The highest BCUT2D eigenvalue weighted by Crippen LogP contribution is 2.26. The van der Waals surface area contributed by atoms with Crippen molar-refractivity contribution in [1.82, 2.24) is 10.9 Å². The van der Waals surface area contributed by atoms with Crippen molar-refractivity contribution in [2.75, 3.05) is 11.9 Å². The van der Waals surface area contributed by atoms with E-state index in [0.717, 1.165) is 11.1 Å². The number of anilines is 1. The quantitative estimate of drug-likeness (QED) is 0.806. The summed E-state index contributed by atoms with van der Waals surface area (Å²) in [7, 11) is 0. The van der Waals surface area contributed by atoms with Crippen molar-refractivity contribution >= 4 is 11.6 Å². The van der Waals surface area contributed by atoms with E-state index in [1.807, 2.05) is 12.1 Å². The van der Waals surface area contributed by atoms with Crippen molar-refractivity contribution < 1.29 is 9.18 Å². The first-order valence-corrected chi connectivity index (χ1v) is 7.68. The van der Waals surface area contributed by atoms with Crippen molar-refractivity contribution in [3.05, 3.63) is 65.5 Å². The summed E-state index contributed by atoms with van der Waals surface area (Å²) in [6.45, 7) is 0.487. The number of rotatable bonds is 4. The number of nitrogens with zero attached hydrogens (tertiary/aromatic N) is 1.